The molecular formula is C15H15NS. The molecule has 1 nitrogen and oxygen atoms in total. The van der Waals surface area contributed by atoms with Crippen LogP contribution in [-0.4, -0.2) is 12.0 Å². The molecular weight excluding hydrogens is 226 g/mol. The average Bonchev–Trinajstić information content (AvgIpc) is 2.39. The predicted octanol–water partition coefficient (Wildman–Crippen LogP) is 3.81. The zero-order valence-electron chi connectivity index (χ0n) is 10.1. The summed E-state index contributed by atoms with van der Waals surface area (Å²) in [7, 11) is 2.00. The Morgan fingerprint density at radius 3 is 2.12 bits per heavy atom. The molecule has 0 N–H and O–H groups in total. The molecule has 2 aromatic rings. The fourth-order valence-electron chi connectivity index (χ4n) is 1.66. The zero-order valence-corrected chi connectivity index (χ0v) is 10.9. The van der Waals surface area contributed by atoms with Gasteiger partial charge in [-0.2, -0.15) is 0 Å². The van der Waals surface area contributed by atoms with E-state index < -0.39 is 0 Å². The van der Waals surface area contributed by atoms with E-state index >= 15 is 0 Å². The first-order valence-corrected chi connectivity index (χ1v) is 5.99. The normalized spacial score (nSPS) is 10.0. The molecule has 0 unspecified atom stereocenters. The molecule has 0 aliphatic heterocycles. The Balaban J connectivity index is 2.23. The molecule has 0 radical (unpaired) electrons. The van der Waals surface area contributed by atoms with Crippen molar-refractivity contribution in [1.82, 2.24) is 0 Å². The Morgan fingerprint density at radius 1 is 0.941 bits per heavy atom. The van der Waals surface area contributed by atoms with Crippen LogP contribution in [0, 0.1) is 6.92 Å². The summed E-state index contributed by atoms with van der Waals surface area (Å²) in [5, 5.41) is 0. The first-order valence-electron chi connectivity index (χ1n) is 5.58. The lowest BCUT2D eigenvalue weighted by Gasteiger charge is -2.20. The summed E-state index contributed by atoms with van der Waals surface area (Å²) < 4.78 is 0. The van der Waals surface area contributed by atoms with E-state index in [4.69, 9.17) is 12.2 Å². The number of para-hydroxylation sites is 1. The Kier molecular flexibility index (Phi) is 3.55. The van der Waals surface area contributed by atoms with Crippen molar-refractivity contribution in [2.24, 2.45) is 0 Å². The molecule has 0 bridgehead atoms. The zero-order chi connectivity index (χ0) is 12.3. The third-order valence-electron chi connectivity index (χ3n) is 2.75. The van der Waals surface area contributed by atoms with Gasteiger partial charge in [0.1, 0.15) is 4.99 Å². The van der Waals surface area contributed by atoms with E-state index in [2.05, 4.69) is 43.3 Å². The van der Waals surface area contributed by atoms with Crippen molar-refractivity contribution < 1.29 is 0 Å². The van der Waals surface area contributed by atoms with Gasteiger partial charge in [-0.05, 0) is 19.1 Å². The Hall–Kier alpha value is -1.67. The standard InChI is InChI=1S/C15H15NS/c1-12-8-10-13(11-9-12)15(17)16(2)14-6-4-3-5-7-14/h3-11H,1-2H3. The van der Waals surface area contributed by atoms with E-state index in [-0.39, 0.29) is 0 Å². The van der Waals surface area contributed by atoms with Crippen LogP contribution in [0.1, 0.15) is 11.1 Å². The molecule has 2 heteroatoms. The Morgan fingerprint density at radius 2 is 1.53 bits per heavy atom. The smallest absolute Gasteiger partial charge is 0.113 e. The summed E-state index contributed by atoms with van der Waals surface area (Å²) in [5.74, 6) is 0. The van der Waals surface area contributed by atoms with Crippen molar-refractivity contribution in [3.8, 4) is 0 Å². The van der Waals surface area contributed by atoms with Gasteiger partial charge in [0.05, 0.1) is 0 Å². The number of thiocarbonyl (C=S) groups is 1. The molecule has 0 saturated heterocycles. The minimum atomic E-state index is 0.844. The van der Waals surface area contributed by atoms with Gasteiger partial charge in [-0.3, -0.25) is 0 Å². The van der Waals surface area contributed by atoms with Crippen molar-refractivity contribution in [2.75, 3.05) is 11.9 Å². The van der Waals surface area contributed by atoms with Gasteiger partial charge in [0.2, 0.25) is 0 Å². The molecule has 0 aromatic heterocycles. The van der Waals surface area contributed by atoms with Gasteiger partial charge in [0.25, 0.3) is 0 Å². The van der Waals surface area contributed by atoms with Crippen LogP contribution in [-0.2, 0) is 0 Å². The number of aryl methyl sites for hydroxylation is 1. The van der Waals surface area contributed by atoms with Gasteiger partial charge < -0.3 is 4.90 Å². The van der Waals surface area contributed by atoms with Crippen LogP contribution >= 0.6 is 12.2 Å². The van der Waals surface area contributed by atoms with Crippen LogP contribution in [0.3, 0.4) is 0 Å². The lowest BCUT2D eigenvalue weighted by molar-refractivity contribution is 1.28. The van der Waals surface area contributed by atoms with Crippen LogP contribution in [0.5, 0.6) is 0 Å². The molecule has 0 spiro atoms. The third kappa shape index (κ3) is 2.71. The molecule has 0 aliphatic rings. The maximum atomic E-state index is 5.49. The van der Waals surface area contributed by atoms with E-state index in [1.54, 1.807) is 0 Å². The highest BCUT2D eigenvalue weighted by atomic mass is 32.1. The van der Waals surface area contributed by atoms with E-state index in [0.717, 1.165) is 16.2 Å². The molecule has 0 aliphatic carbocycles. The van der Waals surface area contributed by atoms with Gasteiger partial charge in [0.15, 0.2) is 0 Å². The number of benzene rings is 2. The van der Waals surface area contributed by atoms with Gasteiger partial charge in [-0.1, -0.05) is 60.2 Å². The SMILES string of the molecule is Cc1ccc(C(=S)N(C)c2ccccc2)cc1. The highest BCUT2D eigenvalue weighted by Crippen LogP contribution is 2.15. The molecule has 17 heavy (non-hydrogen) atoms. The minimum Gasteiger partial charge on any atom is -0.335 e. The second-order valence-electron chi connectivity index (χ2n) is 4.07. The van der Waals surface area contributed by atoms with Crippen molar-refractivity contribution >= 4 is 22.9 Å². The van der Waals surface area contributed by atoms with E-state index in [0.29, 0.717) is 0 Å². The van der Waals surface area contributed by atoms with Crippen molar-refractivity contribution in [3.05, 3.63) is 65.7 Å². The van der Waals surface area contributed by atoms with Crippen LogP contribution in [0.25, 0.3) is 0 Å². The van der Waals surface area contributed by atoms with E-state index in [9.17, 15) is 0 Å². The molecule has 0 amide bonds. The predicted molar refractivity (Wildman–Crippen MR) is 77.7 cm³/mol. The average molecular weight is 241 g/mol. The van der Waals surface area contributed by atoms with Crippen molar-refractivity contribution in [1.29, 1.82) is 0 Å². The highest BCUT2D eigenvalue weighted by Gasteiger charge is 2.08. The highest BCUT2D eigenvalue weighted by molar-refractivity contribution is 7.81. The molecule has 2 aromatic carbocycles. The molecule has 2 rings (SSSR count). The number of hydrogen-bond acceptors (Lipinski definition) is 1. The maximum absolute atomic E-state index is 5.49. The topological polar surface area (TPSA) is 3.24 Å². The number of anilines is 1. The fraction of sp³-hybridized carbons (Fsp3) is 0.133. The Bertz CT molecular complexity index is 502. The van der Waals surface area contributed by atoms with Gasteiger partial charge in [0, 0.05) is 18.3 Å². The summed E-state index contributed by atoms with van der Waals surface area (Å²) in [4.78, 5) is 2.87. The van der Waals surface area contributed by atoms with Gasteiger partial charge in [-0.15, -0.1) is 0 Å². The van der Waals surface area contributed by atoms with Gasteiger partial charge >= 0.3 is 0 Å². The monoisotopic (exact) mass is 241 g/mol. The van der Waals surface area contributed by atoms with E-state index in [1.165, 1.54) is 5.56 Å². The van der Waals surface area contributed by atoms with E-state index in [1.807, 2.05) is 30.1 Å². The van der Waals surface area contributed by atoms with Crippen molar-refractivity contribution in [3.63, 3.8) is 0 Å². The minimum absolute atomic E-state index is 0.844. The van der Waals surface area contributed by atoms with Crippen LogP contribution in [0.4, 0.5) is 5.69 Å². The number of hydrogen-bond donors (Lipinski definition) is 0. The fourth-order valence-corrected chi connectivity index (χ4v) is 1.90. The molecule has 0 atom stereocenters. The third-order valence-corrected chi connectivity index (χ3v) is 3.26. The first-order chi connectivity index (χ1) is 8.18. The lowest BCUT2D eigenvalue weighted by atomic mass is 10.1. The quantitative estimate of drug-likeness (QED) is 0.736. The molecule has 0 saturated carbocycles. The Labute approximate surface area is 108 Å². The van der Waals surface area contributed by atoms with Crippen LogP contribution < -0.4 is 4.90 Å². The van der Waals surface area contributed by atoms with Crippen molar-refractivity contribution in [2.45, 2.75) is 6.92 Å². The van der Waals surface area contributed by atoms with Gasteiger partial charge in [-0.25, -0.2) is 0 Å². The molecule has 86 valence electrons. The second-order valence-corrected chi connectivity index (χ2v) is 4.45. The number of nitrogens with zero attached hydrogens (tertiary/aromatic N) is 1. The molecule has 0 heterocycles. The second kappa shape index (κ2) is 5.11. The summed E-state index contributed by atoms with van der Waals surface area (Å²) in [5.41, 5.74) is 3.44. The summed E-state index contributed by atoms with van der Waals surface area (Å²) in [6.45, 7) is 2.08. The summed E-state index contributed by atoms with van der Waals surface area (Å²) >= 11 is 5.49. The molecule has 0 fully saturated rings. The first kappa shape index (κ1) is 11.8. The summed E-state index contributed by atoms with van der Waals surface area (Å²) in [6.07, 6.45) is 0. The van der Waals surface area contributed by atoms with Crippen LogP contribution in [0.15, 0.2) is 54.6 Å². The number of rotatable bonds is 2. The van der Waals surface area contributed by atoms with Crippen LogP contribution in [0.2, 0.25) is 0 Å². The maximum Gasteiger partial charge on any atom is 0.113 e. The lowest BCUT2D eigenvalue weighted by Crippen LogP contribution is -2.24. The summed E-state index contributed by atoms with van der Waals surface area (Å²) in [6, 6.07) is 18.5. The largest absolute Gasteiger partial charge is 0.335 e.